The molecule has 6 nitrogen and oxygen atoms in total. The van der Waals surface area contributed by atoms with Gasteiger partial charge in [-0.1, -0.05) is 5.16 Å². The Morgan fingerprint density at radius 2 is 2.24 bits per heavy atom. The van der Waals surface area contributed by atoms with E-state index in [0.717, 1.165) is 0 Å². The minimum atomic E-state index is -3.70. The van der Waals surface area contributed by atoms with Crippen molar-refractivity contribution in [2.45, 2.75) is 11.8 Å². The number of pyridine rings is 1. The molecule has 17 heavy (non-hydrogen) atoms. The normalized spacial score (nSPS) is 11.4. The molecule has 2 aromatic rings. The number of aryl methyl sites for hydroxylation is 1. The van der Waals surface area contributed by atoms with E-state index in [2.05, 4.69) is 30.8 Å². The fraction of sp³-hybridized carbons (Fsp3) is 0.111. The van der Waals surface area contributed by atoms with Gasteiger partial charge in [0.05, 0.1) is 5.69 Å². The highest BCUT2D eigenvalue weighted by molar-refractivity contribution is 9.10. The highest BCUT2D eigenvalue weighted by atomic mass is 79.9. The number of halogens is 1. The fourth-order valence-corrected chi connectivity index (χ4v) is 2.44. The topological polar surface area (TPSA) is 85.1 Å². The van der Waals surface area contributed by atoms with Crippen LogP contribution in [0.4, 0.5) is 5.88 Å². The van der Waals surface area contributed by atoms with Gasteiger partial charge in [0, 0.05) is 12.4 Å². The first-order valence-electron chi connectivity index (χ1n) is 4.55. The van der Waals surface area contributed by atoms with Crippen LogP contribution in [0.3, 0.4) is 0 Å². The van der Waals surface area contributed by atoms with Crippen molar-refractivity contribution in [2.24, 2.45) is 0 Å². The zero-order valence-electron chi connectivity index (χ0n) is 8.71. The molecule has 0 spiro atoms. The van der Waals surface area contributed by atoms with Crippen molar-refractivity contribution in [1.29, 1.82) is 0 Å². The average molecular weight is 318 g/mol. The number of aromatic nitrogens is 2. The SMILES string of the molecule is Cc1noc(NS(=O)(=O)c2cccnc2)c1Br. The Bertz CT molecular complexity index is 624. The summed E-state index contributed by atoms with van der Waals surface area (Å²) in [7, 11) is -3.70. The van der Waals surface area contributed by atoms with Gasteiger partial charge in [-0.15, -0.1) is 0 Å². The Kier molecular flexibility index (Phi) is 3.16. The minimum absolute atomic E-state index is 0.0475. The van der Waals surface area contributed by atoms with Gasteiger partial charge in [0.1, 0.15) is 9.37 Å². The van der Waals surface area contributed by atoms with E-state index in [1.54, 1.807) is 6.92 Å². The van der Waals surface area contributed by atoms with Crippen LogP contribution in [0.15, 0.2) is 38.4 Å². The maximum atomic E-state index is 11.9. The van der Waals surface area contributed by atoms with Crippen LogP contribution >= 0.6 is 15.9 Å². The molecule has 0 fully saturated rings. The van der Waals surface area contributed by atoms with Crippen molar-refractivity contribution in [3.05, 3.63) is 34.7 Å². The molecule has 0 aromatic carbocycles. The average Bonchev–Trinajstić information content (AvgIpc) is 2.62. The predicted molar refractivity (Wildman–Crippen MR) is 64.0 cm³/mol. The van der Waals surface area contributed by atoms with E-state index >= 15 is 0 Å². The molecular weight excluding hydrogens is 310 g/mol. The number of nitrogens with one attached hydrogen (secondary N) is 1. The van der Waals surface area contributed by atoms with Gasteiger partial charge in [-0.05, 0) is 35.0 Å². The maximum absolute atomic E-state index is 11.9. The fourth-order valence-electron chi connectivity index (χ4n) is 1.11. The summed E-state index contributed by atoms with van der Waals surface area (Å²) in [4.78, 5) is 3.80. The smallest absolute Gasteiger partial charge is 0.265 e. The van der Waals surface area contributed by atoms with Crippen molar-refractivity contribution >= 4 is 31.8 Å². The van der Waals surface area contributed by atoms with Gasteiger partial charge in [0.2, 0.25) is 0 Å². The molecule has 0 radical (unpaired) electrons. The van der Waals surface area contributed by atoms with Crippen LogP contribution in [0.25, 0.3) is 0 Å². The first-order valence-corrected chi connectivity index (χ1v) is 6.83. The molecule has 90 valence electrons. The van der Waals surface area contributed by atoms with E-state index in [0.29, 0.717) is 10.2 Å². The summed E-state index contributed by atoms with van der Waals surface area (Å²) in [5.41, 5.74) is 0.564. The van der Waals surface area contributed by atoms with E-state index in [9.17, 15) is 8.42 Å². The third kappa shape index (κ3) is 2.47. The molecule has 0 unspecified atom stereocenters. The van der Waals surface area contributed by atoms with E-state index in [-0.39, 0.29) is 10.8 Å². The Labute approximate surface area is 106 Å². The van der Waals surface area contributed by atoms with Crippen molar-refractivity contribution in [2.75, 3.05) is 4.72 Å². The molecule has 0 atom stereocenters. The van der Waals surface area contributed by atoms with Gasteiger partial charge in [0.15, 0.2) is 0 Å². The van der Waals surface area contributed by atoms with Crippen LogP contribution in [0.1, 0.15) is 5.69 Å². The quantitative estimate of drug-likeness (QED) is 0.935. The van der Waals surface area contributed by atoms with E-state index in [1.807, 2.05) is 0 Å². The predicted octanol–water partition coefficient (Wildman–Crippen LogP) is 1.94. The molecule has 8 heteroatoms. The first kappa shape index (κ1) is 12.1. The van der Waals surface area contributed by atoms with Gasteiger partial charge in [-0.25, -0.2) is 13.1 Å². The second-order valence-corrected chi connectivity index (χ2v) is 5.68. The lowest BCUT2D eigenvalue weighted by Crippen LogP contribution is -2.12. The molecule has 2 rings (SSSR count). The molecule has 2 heterocycles. The lowest BCUT2D eigenvalue weighted by molar-refractivity contribution is 0.430. The summed E-state index contributed by atoms with van der Waals surface area (Å²) in [6.45, 7) is 1.69. The first-order chi connectivity index (χ1) is 8.00. The number of hydrogen-bond acceptors (Lipinski definition) is 5. The summed E-state index contributed by atoms with van der Waals surface area (Å²) in [6.07, 6.45) is 2.74. The molecule has 0 saturated heterocycles. The summed E-state index contributed by atoms with van der Waals surface area (Å²) >= 11 is 3.18. The Hall–Kier alpha value is -1.41. The van der Waals surface area contributed by atoms with Crippen LogP contribution < -0.4 is 4.72 Å². The molecule has 0 aliphatic heterocycles. The van der Waals surface area contributed by atoms with Crippen LogP contribution in [-0.4, -0.2) is 18.6 Å². The summed E-state index contributed by atoms with van der Waals surface area (Å²) in [5.74, 6) is 0.0475. The number of anilines is 1. The van der Waals surface area contributed by atoms with Gasteiger partial charge in [0.25, 0.3) is 15.9 Å². The Morgan fingerprint density at radius 1 is 1.47 bits per heavy atom. The third-order valence-corrected chi connectivity index (χ3v) is 4.21. The van der Waals surface area contributed by atoms with Crippen molar-refractivity contribution in [1.82, 2.24) is 10.1 Å². The number of hydrogen-bond donors (Lipinski definition) is 1. The highest BCUT2D eigenvalue weighted by Crippen LogP contribution is 2.27. The number of rotatable bonds is 3. The lowest BCUT2D eigenvalue weighted by atomic mass is 10.5. The maximum Gasteiger partial charge on any atom is 0.265 e. The Balaban J connectivity index is 2.34. The second-order valence-electron chi connectivity index (χ2n) is 3.21. The molecule has 1 N–H and O–H groups in total. The van der Waals surface area contributed by atoms with E-state index in [1.165, 1.54) is 24.5 Å². The standard InChI is InChI=1S/C9H8BrN3O3S/c1-6-8(10)9(16-12-6)13-17(14,15)7-3-2-4-11-5-7/h2-5,13H,1H3. The lowest BCUT2D eigenvalue weighted by Gasteiger charge is -2.03. The van der Waals surface area contributed by atoms with Crippen LogP contribution in [0.5, 0.6) is 0 Å². The molecule has 0 saturated carbocycles. The molecule has 0 amide bonds. The van der Waals surface area contributed by atoms with Crippen molar-refractivity contribution in [3.8, 4) is 0 Å². The zero-order chi connectivity index (χ0) is 12.5. The van der Waals surface area contributed by atoms with Crippen LogP contribution in [-0.2, 0) is 10.0 Å². The summed E-state index contributed by atoms with van der Waals surface area (Å²) in [5, 5.41) is 3.63. The second kappa shape index (κ2) is 4.46. The molecule has 0 aliphatic rings. The van der Waals surface area contributed by atoms with Crippen LogP contribution in [0, 0.1) is 6.92 Å². The van der Waals surface area contributed by atoms with Crippen molar-refractivity contribution < 1.29 is 12.9 Å². The Morgan fingerprint density at radius 3 is 2.76 bits per heavy atom. The minimum Gasteiger partial charge on any atom is -0.336 e. The third-order valence-electron chi connectivity index (χ3n) is 1.96. The van der Waals surface area contributed by atoms with Gasteiger partial charge < -0.3 is 4.52 Å². The largest absolute Gasteiger partial charge is 0.336 e. The highest BCUT2D eigenvalue weighted by Gasteiger charge is 2.19. The van der Waals surface area contributed by atoms with Gasteiger partial charge in [-0.3, -0.25) is 4.98 Å². The van der Waals surface area contributed by atoms with E-state index < -0.39 is 10.0 Å². The number of nitrogens with zero attached hydrogens (tertiary/aromatic N) is 2. The zero-order valence-corrected chi connectivity index (χ0v) is 11.1. The molecule has 0 bridgehead atoms. The molecule has 2 aromatic heterocycles. The van der Waals surface area contributed by atoms with E-state index in [4.69, 9.17) is 4.52 Å². The summed E-state index contributed by atoms with van der Waals surface area (Å²) in [6, 6.07) is 2.97. The van der Waals surface area contributed by atoms with Crippen molar-refractivity contribution in [3.63, 3.8) is 0 Å². The van der Waals surface area contributed by atoms with Gasteiger partial charge >= 0.3 is 0 Å². The van der Waals surface area contributed by atoms with Crippen LogP contribution in [0.2, 0.25) is 0 Å². The van der Waals surface area contributed by atoms with Gasteiger partial charge in [-0.2, -0.15) is 0 Å². The molecular formula is C9H8BrN3O3S. The summed E-state index contributed by atoms with van der Waals surface area (Å²) < 4.78 is 31.4. The number of sulfonamides is 1. The molecule has 0 aliphatic carbocycles. The monoisotopic (exact) mass is 317 g/mol.